The third-order valence-electron chi connectivity index (χ3n) is 2.59. The summed E-state index contributed by atoms with van der Waals surface area (Å²) in [5.74, 6) is 1.02. The van der Waals surface area contributed by atoms with Crippen LogP contribution >= 0.6 is 0 Å². The lowest BCUT2D eigenvalue weighted by Crippen LogP contribution is -2.16. The second-order valence-electron chi connectivity index (χ2n) is 3.81. The van der Waals surface area contributed by atoms with Crippen molar-refractivity contribution in [3.05, 3.63) is 53.7 Å². The molecule has 1 N–H and O–H groups in total. The third-order valence-corrected chi connectivity index (χ3v) is 2.59. The van der Waals surface area contributed by atoms with Gasteiger partial charge in [0.25, 0.3) is 0 Å². The van der Waals surface area contributed by atoms with Crippen LogP contribution in [0.5, 0.6) is 0 Å². The van der Waals surface area contributed by atoms with Crippen LogP contribution in [0.2, 0.25) is 0 Å². The summed E-state index contributed by atoms with van der Waals surface area (Å²) in [6.45, 7) is 3.80. The first-order chi connectivity index (χ1) is 7.86. The SMILES string of the molecule is Cc1ccoc1CNCCc1ccncc1. The van der Waals surface area contributed by atoms with E-state index in [0.29, 0.717) is 0 Å². The number of nitrogens with one attached hydrogen (secondary N) is 1. The van der Waals surface area contributed by atoms with Crippen LogP contribution in [0.4, 0.5) is 0 Å². The summed E-state index contributed by atoms with van der Waals surface area (Å²) in [4.78, 5) is 3.99. The van der Waals surface area contributed by atoms with E-state index in [4.69, 9.17) is 4.42 Å². The van der Waals surface area contributed by atoms with Crippen molar-refractivity contribution in [1.29, 1.82) is 0 Å². The number of aromatic nitrogens is 1. The zero-order valence-electron chi connectivity index (χ0n) is 9.44. The Hall–Kier alpha value is -1.61. The lowest BCUT2D eigenvalue weighted by atomic mass is 10.2. The van der Waals surface area contributed by atoms with E-state index in [1.165, 1.54) is 11.1 Å². The number of pyridine rings is 1. The van der Waals surface area contributed by atoms with Gasteiger partial charge in [-0.1, -0.05) is 0 Å². The molecule has 84 valence electrons. The number of rotatable bonds is 5. The summed E-state index contributed by atoms with van der Waals surface area (Å²) in [7, 11) is 0. The maximum atomic E-state index is 5.34. The Morgan fingerprint density at radius 1 is 1.25 bits per heavy atom. The molecule has 0 aliphatic rings. The van der Waals surface area contributed by atoms with Crippen molar-refractivity contribution in [3.63, 3.8) is 0 Å². The molecule has 0 aliphatic heterocycles. The van der Waals surface area contributed by atoms with Crippen LogP contribution in [0.3, 0.4) is 0 Å². The Morgan fingerprint density at radius 3 is 2.75 bits per heavy atom. The van der Waals surface area contributed by atoms with Gasteiger partial charge in [0.2, 0.25) is 0 Å². The van der Waals surface area contributed by atoms with Crippen LogP contribution in [0.25, 0.3) is 0 Å². The summed E-state index contributed by atoms with van der Waals surface area (Å²) >= 11 is 0. The molecule has 0 bridgehead atoms. The fraction of sp³-hybridized carbons (Fsp3) is 0.308. The first kappa shape index (κ1) is 10.9. The Balaban J connectivity index is 1.72. The van der Waals surface area contributed by atoms with Crippen LogP contribution in [0.1, 0.15) is 16.9 Å². The smallest absolute Gasteiger partial charge is 0.120 e. The molecule has 3 nitrogen and oxygen atoms in total. The third kappa shape index (κ3) is 2.94. The lowest BCUT2D eigenvalue weighted by molar-refractivity contribution is 0.481. The summed E-state index contributed by atoms with van der Waals surface area (Å²) in [5, 5.41) is 3.36. The second-order valence-corrected chi connectivity index (χ2v) is 3.81. The van der Waals surface area contributed by atoms with Gasteiger partial charge < -0.3 is 9.73 Å². The van der Waals surface area contributed by atoms with Gasteiger partial charge in [0, 0.05) is 12.4 Å². The molecule has 16 heavy (non-hydrogen) atoms. The van der Waals surface area contributed by atoms with Crippen molar-refractivity contribution in [3.8, 4) is 0 Å². The Morgan fingerprint density at radius 2 is 2.06 bits per heavy atom. The van der Waals surface area contributed by atoms with E-state index in [9.17, 15) is 0 Å². The van der Waals surface area contributed by atoms with Gasteiger partial charge in [-0.3, -0.25) is 4.98 Å². The molecular formula is C13H16N2O. The van der Waals surface area contributed by atoms with Crippen molar-refractivity contribution < 1.29 is 4.42 Å². The van der Waals surface area contributed by atoms with E-state index in [-0.39, 0.29) is 0 Å². The lowest BCUT2D eigenvalue weighted by Gasteiger charge is -2.03. The van der Waals surface area contributed by atoms with Crippen molar-refractivity contribution in [1.82, 2.24) is 10.3 Å². The van der Waals surface area contributed by atoms with Gasteiger partial charge in [-0.15, -0.1) is 0 Å². The molecule has 2 rings (SSSR count). The number of furan rings is 1. The standard InChI is InChI=1S/C13H16N2O/c1-11-5-9-16-13(11)10-15-8-4-12-2-6-14-7-3-12/h2-3,5-7,9,15H,4,8,10H2,1H3. The van der Waals surface area contributed by atoms with Gasteiger partial charge in [-0.2, -0.15) is 0 Å². The van der Waals surface area contributed by atoms with Crippen LogP contribution < -0.4 is 5.32 Å². The van der Waals surface area contributed by atoms with Crippen LogP contribution in [-0.2, 0) is 13.0 Å². The summed E-state index contributed by atoms with van der Waals surface area (Å²) in [5.41, 5.74) is 2.51. The largest absolute Gasteiger partial charge is 0.468 e. The Bertz CT molecular complexity index is 423. The molecule has 0 aliphatic carbocycles. The summed E-state index contributed by atoms with van der Waals surface area (Å²) in [6.07, 6.45) is 6.40. The fourth-order valence-corrected chi connectivity index (χ4v) is 1.57. The van der Waals surface area contributed by atoms with E-state index in [0.717, 1.165) is 25.3 Å². The minimum atomic E-state index is 0.796. The fourth-order valence-electron chi connectivity index (χ4n) is 1.57. The first-order valence-electron chi connectivity index (χ1n) is 5.49. The maximum Gasteiger partial charge on any atom is 0.120 e. The molecule has 0 saturated carbocycles. The van der Waals surface area contributed by atoms with Gasteiger partial charge in [-0.05, 0) is 49.2 Å². The van der Waals surface area contributed by atoms with Crippen molar-refractivity contribution in [2.75, 3.05) is 6.54 Å². The highest BCUT2D eigenvalue weighted by atomic mass is 16.3. The van der Waals surface area contributed by atoms with Crippen molar-refractivity contribution in [2.24, 2.45) is 0 Å². The predicted molar refractivity (Wildman–Crippen MR) is 63.1 cm³/mol. The Kier molecular flexibility index (Phi) is 3.72. The highest BCUT2D eigenvalue weighted by molar-refractivity contribution is 5.14. The van der Waals surface area contributed by atoms with Crippen molar-refractivity contribution >= 4 is 0 Å². The van der Waals surface area contributed by atoms with Crippen LogP contribution in [0.15, 0.2) is 41.3 Å². The normalized spacial score (nSPS) is 10.6. The highest BCUT2D eigenvalue weighted by Gasteiger charge is 2.00. The maximum absolute atomic E-state index is 5.34. The Labute approximate surface area is 95.5 Å². The zero-order chi connectivity index (χ0) is 11.2. The second kappa shape index (κ2) is 5.47. The van der Waals surface area contributed by atoms with E-state index in [2.05, 4.69) is 17.2 Å². The molecule has 0 fully saturated rings. The van der Waals surface area contributed by atoms with Crippen LogP contribution in [-0.4, -0.2) is 11.5 Å². The highest BCUT2D eigenvalue weighted by Crippen LogP contribution is 2.07. The molecular weight excluding hydrogens is 200 g/mol. The minimum absolute atomic E-state index is 0.796. The quantitative estimate of drug-likeness (QED) is 0.779. The number of hydrogen-bond donors (Lipinski definition) is 1. The molecule has 2 heterocycles. The number of nitrogens with zero attached hydrogens (tertiary/aromatic N) is 1. The molecule has 0 atom stereocenters. The molecule has 2 aromatic heterocycles. The molecule has 0 saturated heterocycles. The predicted octanol–water partition coefficient (Wildman–Crippen LogP) is 2.32. The topological polar surface area (TPSA) is 38.1 Å². The summed E-state index contributed by atoms with van der Waals surface area (Å²) < 4.78 is 5.34. The van der Waals surface area contributed by atoms with Gasteiger partial charge in [0.05, 0.1) is 12.8 Å². The number of hydrogen-bond acceptors (Lipinski definition) is 3. The molecule has 0 amide bonds. The molecule has 0 aromatic carbocycles. The average molecular weight is 216 g/mol. The summed E-state index contributed by atoms with van der Waals surface area (Å²) in [6, 6.07) is 6.07. The minimum Gasteiger partial charge on any atom is -0.468 e. The van der Waals surface area contributed by atoms with E-state index in [1.54, 1.807) is 6.26 Å². The molecule has 0 spiro atoms. The number of aryl methyl sites for hydroxylation is 1. The van der Waals surface area contributed by atoms with Gasteiger partial charge in [0.1, 0.15) is 5.76 Å². The van der Waals surface area contributed by atoms with Gasteiger partial charge in [-0.25, -0.2) is 0 Å². The van der Waals surface area contributed by atoms with Crippen molar-refractivity contribution in [2.45, 2.75) is 19.9 Å². The van der Waals surface area contributed by atoms with E-state index < -0.39 is 0 Å². The van der Waals surface area contributed by atoms with Gasteiger partial charge >= 0.3 is 0 Å². The molecule has 2 aromatic rings. The zero-order valence-corrected chi connectivity index (χ0v) is 9.44. The average Bonchev–Trinajstić information content (AvgIpc) is 2.72. The molecule has 3 heteroatoms. The van der Waals surface area contributed by atoms with Gasteiger partial charge in [0.15, 0.2) is 0 Å². The molecule has 0 unspecified atom stereocenters. The van der Waals surface area contributed by atoms with Crippen LogP contribution in [0, 0.1) is 6.92 Å². The first-order valence-corrected chi connectivity index (χ1v) is 5.49. The molecule has 0 radical (unpaired) electrons. The van der Waals surface area contributed by atoms with E-state index in [1.807, 2.05) is 30.6 Å². The monoisotopic (exact) mass is 216 g/mol. The van der Waals surface area contributed by atoms with E-state index >= 15 is 0 Å².